The smallest absolute Gasteiger partial charge is 0.255 e. The van der Waals surface area contributed by atoms with Crippen LogP contribution in [-0.2, 0) is 6.54 Å². The van der Waals surface area contributed by atoms with Gasteiger partial charge in [0.25, 0.3) is 5.91 Å². The molecule has 0 bridgehead atoms. The predicted molar refractivity (Wildman–Crippen MR) is 98.3 cm³/mol. The zero-order valence-electron chi connectivity index (χ0n) is 13.4. The summed E-state index contributed by atoms with van der Waals surface area (Å²) in [7, 11) is 0. The topological polar surface area (TPSA) is 51.2 Å². The Morgan fingerprint density at radius 1 is 1.12 bits per heavy atom. The largest absolute Gasteiger partial charge is 0.455 e. The first-order valence-electron chi connectivity index (χ1n) is 7.63. The van der Waals surface area contributed by atoms with E-state index in [1.165, 1.54) is 36.7 Å². The van der Waals surface area contributed by atoms with Crippen LogP contribution in [0.4, 0.5) is 4.39 Å². The number of benzene rings is 2. The first-order valence-corrected chi connectivity index (χ1v) is 8.38. The number of aromatic nitrogens is 1. The lowest BCUT2D eigenvalue weighted by Gasteiger charge is -2.12. The van der Waals surface area contributed by atoms with Crippen LogP contribution in [0.2, 0.25) is 10.0 Å². The SMILES string of the molecule is O=C(NCc1ccccc1Cl)c1ccncc1Oc1ccc(F)c(Cl)c1. The Labute approximate surface area is 159 Å². The van der Waals surface area contributed by atoms with Crippen molar-refractivity contribution in [3.8, 4) is 11.5 Å². The zero-order valence-corrected chi connectivity index (χ0v) is 14.9. The highest BCUT2D eigenvalue weighted by molar-refractivity contribution is 6.31. The number of nitrogens with one attached hydrogen (secondary N) is 1. The average Bonchev–Trinajstić information content (AvgIpc) is 2.64. The molecule has 3 rings (SSSR count). The maximum Gasteiger partial charge on any atom is 0.255 e. The molecule has 1 amide bonds. The lowest BCUT2D eigenvalue weighted by Crippen LogP contribution is -2.23. The van der Waals surface area contributed by atoms with Crippen LogP contribution in [-0.4, -0.2) is 10.9 Å². The molecule has 0 saturated heterocycles. The molecule has 0 unspecified atom stereocenters. The molecule has 0 saturated carbocycles. The van der Waals surface area contributed by atoms with Crippen LogP contribution in [0.25, 0.3) is 0 Å². The van der Waals surface area contributed by atoms with Crippen molar-refractivity contribution in [1.82, 2.24) is 10.3 Å². The number of nitrogens with zero attached hydrogens (tertiary/aromatic N) is 1. The van der Waals surface area contributed by atoms with Crippen LogP contribution in [0, 0.1) is 5.82 Å². The van der Waals surface area contributed by atoms with Crippen LogP contribution in [0.15, 0.2) is 60.9 Å². The van der Waals surface area contributed by atoms with Crippen LogP contribution < -0.4 is 10.1 Å². The molecule has 0 radical (unpaired) electrons. The summed E-state index contributed by atoms with van der Waals surface area (Å²) in [5, 5.41) is 3.28. The van der Waals surface area contributed by atoms with Crippen LogP contribution in [0.3, 0.4) is 0 Å². The van der Waals surface area contributed by atoms with E-state index >= 15 is 0 Å². The Hall–Kier alpha value is -2.63. The average molecular weight is 391 g/mol. The molecule has 0 aliphatic carbocycles. The van der Waals surface area contributed by atoms with Gasteiger partial charge in [0, 0.05) is 23.8 Å². The van der Waals surface area contributed by atoms with Gasteiger partial charge in [-0.1, -0.05) is 41.4 Å². The van der Waals surface area contributed by atoms with E-state index in [1.807, 2.05) is 18.2 Å². The molecule has 3 aromatic rings. The second kappa shape index (κ2) is 8.17. The normalized spacial score (nSPS) is 10.4. The highest BCUT2D eigenvalue weighted by Crippen LogP contribution is 2.28. The highest BCUT2D eigenvalue weighted by atomic mass is 35.5. The van der Waals surface area contributed by atoms with Gasteiger partial charge >= 0.3 is 0 Å². The number of amides is 1. The number of halogens is 3. The third-order valence-corrected chi connectivity index (χ3v) is 4.20. The summed E-state index contributed by atoms with van der Waals surface area (Å²) in [6.45, 7) is 0.267. The molecule has 4 nitrogen and oxygen atoms in total. The minimum atomic E-state index is -0.553. The van der Waals surface area contributed by atoms with Gasteiger partial charge in [0.1, 0.15) is 11.6 Å². The van der Waals surface area contributed by atoms with Crippen LogP contribution in [0.5, 0.6) is 11.5 Å². The van der Waals surface area contributed by atoms with Crippen molar-refractivity contribution in [2.24, 2.45) is 0 Å². The molecule has 132 valence electrons. The Morgan fingerprint density at radius 2 is 1.92 bits per heavy atom. The Morgan fingerprint density at radius 3 is 2.69 bits per heavy atom. The van der Waals surface area contributed by atoms with E-state index in [9.17, 15) is 9.18 Å². The first-order chi connectivity index (χ1) is 12.5. The maximum atomic E-state index is 13.3. The van der Waals surface area contributed by atoms with Gasteiger partial charge in [0.2, 0.25) is 0 Å². The van der Waals surface area contributed by atoms with E-state index in [-0.39, 0.29) is 28.8 Å². The monoisotopic (exact) mass is 390 g/mol. The van der Waals surface area contributed by atoms with Crippen molar-refractivity contribution in [2.45, 2.75) is 6.54 Å². The van der Waals surface area contributed by atoms with Gasteiger partial charge in [0.15, 0.2) is 5.75 Å². The summed E-state index contributed by atoms with van der Waals surface area (Å²) in [5.74, 6) is -0.380. The molecule has 26 heavy (non-hydrogen) atoms. The summed E-state index contributed by atoms with van der Waals surface area (Å²) >= 11 is 11.8. The van der Waals surface area contributed by atoms with Gasteiger partial charge in [-0.2, -0.15) is 0 Å². The van der Waals surface area contributed by atoms with E-state index in [0.29, 0.717) is 10.8 Å². The van der Waals surface area contributed by atoms with Crippen molar-refractivity contribution in [2.75, 3.05) is 0 Å². The Bertz CT molecular complexity index is 950. The van der Waals surface area contributed by atoms with Crippen molar-refractivity contribution >= 4 is 29.1 Å². The van der Waals surface area contributed by atoms with E-state index in [4.69, 9.17) is 27.9 Å². The lowest BCUT2D eigenvalue weighted by molar-refractivity contribution is 0.0948. The number of carbonyl (C=O) groups is 1. The number of hydrogen-bond acceptors (Lipinski definition) is 3. The lowest BCUT2D eigenvalue weighted by atomic mass is 10.2. The first kappa shape index (κ1) is 18.2. The zero-order chi connectivity index (χ0) is 18.5. The molecule has 0 aliphatic rings. The maximum absolute atomic E-state index is 13.3. The number of ether oxygens (including phenoxy) is 1. The summed E-state index contributed by atoms with van der Waals surface area (Å²) in [5.41, 5.74) is 1.08. The van der Waals surface area contributed by atoms with E-state index in [0.717, 1.165) is 5.56 Å². The van der Waals surface area contributed by atoms with Gasteiger partial charge in [-0.15, -0.1) is 0 Å². The molecular formula is C19H13Cl2FN2O2. The second-order valence-corrected chi connectivity index (χ2v) is 6.14. The summed E-state index contributed by atoms with van der Waals surface area (Å²) < 4.78 is 18.9. The molecule has 0 fully saturated rings. The summed E-state index contributed by atoms with van der Waals surface area (Å²) in [4.78, 5) is 16.5. The number of rotatable bonds is 5. The predicted octanol–water partition coefficient (Wildman–Crippen LogP) is 5.25. The van der Waals surface area contributed by atoms with Gasteiger partial charge in [-0.05, 0) is 29.8 Å². The van der Waals surface area contributed by atoms with Gasteiger partial charge in [0.05, 0.1) is 16.8 Å². The Balaban J connectivity index is 1.76. The van der Waals surface area contributed by atoms with Crippen LogP contribution in [0.1, 0.15) is 15.9 Å². The van der Waals surface area contributed by atoms with Crippen molar-refractivity contribution in [3.63, 3.8) is 0 Å². The standard InChI is InChI=1S/C19H13Cl2FN2O2/c20-15-4-2-1-3-12(15)10-24-19(25)14-7-8-23-11-18(14)26-13-5-6-17(22)16(21)9-13/h1-9,11H,10H2,(H,24,25). The number of hydrogen-bond donors (Lipinski definition) is 1. The molecule has 1 N–H and O–H groups in total. The van der Waals surface area contributed by atoms with Gasteiger partial charge < -0.3 is 10.1 Å². The highest BCUT2D eigenvalue weighted by Gasteiger charge is 2.14. The number of pyridine rings is 1. The summed E-state index contributed by atoms with van der Waals surface area (Å²) in [6, 6.07) is 12.7. The van der Waals surface area contributed by atoms with E-state index in [2.05, 4.69) is 10.3 Å². The fraction of sp³-hybridized carbons (Fsp3) is 0.0526. The summed E-state index contributed by atoms with van der Waals surface area (Å²) in [6.07, 6.45) is 2.89. The van der Waals surface area contributed by atoms with Gasteiger partial charge in [-0.3, -0.25) is 9.78 Å². The third kappa shape index (κ3) is 4.31. The minimum Gasteiger partial charge on any atom is -0.455 e. The van der Waals surface area contributed by atoms with Crippen molar-refractivity contribution in [3.05, 3.63) is 87.9 Å². The van der Waals surface area contributed by atoms with Crippen LogP contribution >= 0.6 is 23.2 Å². The Kier molecular flexibility index (Phi) is 5.71. The van der Waals surface area contributed by atoms with Crippen molar-refractivity contribution in [1.29, 1.82) is 0 Å². The van der Waals surface area contributed by atoms with Crippen molar-refractivity contribution < 1.29 is 13.9 Å². The molecule has 7 heteroatoms. The number of carbonyl (C=O) groups excluding carboxylic acids is 1. The van der Waals surface area contributed by atoms with E-state index < -0.39 is 5.82 Å². The minimum absolute atomic E-state index is 0.0730. The quantitative estimate of drug-likeness (QED) is 0.646. The molecule has 0 atom stereocenters. The molecule has 1 heterocycles. The third-order valence-electron chi connectivity index (χ3n) is 3.55. The van der Waals surface area contributed by atoms with Gasteiger partial charge in [-0.25, -0.2) is 4.39 Å². The molecule has 2 aromatic carbocycles. The fourth-order valence-corrected chi connectivity index (χ4v) is 2.60. The second-order valence-electron chi connectivity index (χ2n) is 5.32. The molecule has 1 aromatic heterocycles. The fourth-order valence-electron chi connectivity index (χ4n) is 2.23. The molecule has 0 spiro atoms. The molecule has 0 aliphatic heterocycles. The molecular weight excluding hydrogens is 378 g/mol. The van der Waals surface area contributed by atoms with E-state index in [1.54, 1.807) is 6.07 Å².